The molecule has 6 nitrogen and oxygen atoms in total. The van der Waals surface area contributed by atoms with Gasteiger partial charge in [-0.1, -0.05) is 142 Å². The highest BCUT2D eigenvalue weighted by molar-refractivity contribution is 6.12. The van der Waals surface area contributed by atoms with E-state index in [0.29, 0.717) is 22.8 Å². The molecule has 6 heteroatoms. The summed E-state index contributed by atoms with van der Waals surface area (Å²) in [4.78, 5) is 19.1. The molecule has 1 amide bonds. The Hall–Kier alpha value is -4.03. The predicted octanol–water partition coefficient (Wildman–Crippen LogP) is 12.8. The summed E-state index contributed by atoms with van der Waals surface area (Å²) in [5.74, 6) is 0.0694. The summed E-state index contributed by atoms with van der Waals surface area (Å²) in [5, 5.41) is 6.33. The number of nitrogens with one attached hydrogen (secondary N) is 2. The lowest BCUT2D eigenvalue weighted by molar-refractivity contribution is -0.114. The summed E-state index contributed by atoms with van der Waals surface area (Å²) in [6.07, 6.45) is 14.6. The number of amidine groups is 1. The van der Waals surface area contributed by atoms with Crippen molar-refractivity contribution < 1.29 is 4.79 Å². The Labute approximate surface area is 317 Å². The molecule has 0 unspecified atom stereocenters. The fraction of sp³-hybridized carbons (Fsp3) is 0.489. The van der Waals surface area contributed by atoms with Crippen LogP contribution in [0.2, 0.25) is 0 Å². The molecule has 0 atom stereocenters. The van der Waals surface area contributed by atoms with E-state index in [9.17, 15) is 4.79 Å². The fourth-order valence-corrected chi connectivity index (χ4v) is 3.55. The van der Waals surface area contributed by atoms with Crippen LogP contribution in [-0.4, -0.2) is 31.0 Å². The predicted molar refractivity (Wildman–Crippen MR) is 238 cm³/mol. The SMILES string of the molecule is C=C(/C=C\C1=C(CC)NC(=C)CC1)CC.C=C(C)CNC.C=CC(/C=C(\C)C(N)=O)=NC(C)=NC(=C)C.C=CC(CC)=C(C)C.CC.CC.CC. The van der Waals surface area contributed by atoms with Gasteiger partial charge in [-0.25, -0.2) is 9.98 Å². The van der Waals surface area contributed by atoms with Crippen LogP contribution in [0.3, 0.4) is 0 Å². The number of amides is 1. The quantitative estimate of drug-likeness (QED) is 0.0620. The number of nitrogens with zero attached hydrogens (tertiary/aromatic N) is 2. The molecule has 0 aromatic carbocycles. The van der Waals surface area contributed by atoms with Gasteiger partial charge in [-0.05, 0) is 98.4 Å². The first-order valence-corrected chi connectivity index (χ1v) is 18.5. The number of primary amides is 1. The fourth-order valence-electron chi connectivity index (χ4n) is 3.55. The molecule has 51 heavy (non-hydrogen) atoms. The molecular formula is C45H81N5O. The standard InChI is InChI=1S/C14H21N.C12H17N3O.C8H14.C5H11N.3C2H6/c1-5-11(3)7-9-13-10-8-12(4)15-14(13)6-2;1-6-11(7-9(4)12(13)16)15-10(5)14-8(2)3;1-5-8(6-2)7(3)4;1-5(2)4-6-3;3*1-2/h7,9,15H,3-6,8,10H2,1-2H3;6-7H,1-2H2,3-5H3,(H2,13,16);5H,1,6H2,2-4H3;6H,1,4H2,2-3H3;3*1-2H3/b9-7-;9-7+,14-10?,15-11?;;;;;. The van der Waals surface area contributed by atoms with Gasteiger partial charge in [0, 0.05) is 29.2 Å². The maximum absolute atomic E-state index is 10.8. The Morgan fingerprint density at radius 2 is 1.39 bits per heavy atom. The first-order valence-electron chi connectivity index (χ1n) is 18.5. The van der Waals surface area contributed by atoms with E-state index in [2.05, 4.69) is 107 Å². The average Bonchev–Trinajstić information content (AvgIpc) is 3.10. The number of nitrogens with two attached hydrogens (primary N) is 1. The van der Waals surface area contributed by atoms with Crippen LogP contribution in [0.4, 0.5) is 0 Å². The molecule has 0 radical (unpaired) electrons. The van der Waals surface area contributed by atoms with E-state index in [1.807, 2.05) is 61.6 Å². The van der Waals surface area contributed by atoms with Gasteiger partial charge >= 0.3 is 0 Å². The van der Waals surface area contributed by atoms with Crippen LogP contribution in [0.15, 0.2) is 130 Å². The highest BCUT2D eigenvalue weighted by Gasteiger charge is 2.10. The molecule has 4 N–H and O–H groups in total. The summed E-state index contributed by atoms with van der Waals surface area (Å²) in [6, 6.07) is 0. The number of aliphatic imine (C=N–C) groups is 2. The van der Waals surface area contributed by atoms with Crippen molar-refractivity contribution in [3.05, 3.63) is 120 Å². The van der Waals surface area contributed by atoms with Crippen molar-refractivity contribution in [3.8, 4) is 0 Å². The summed E-state index contributed by atoms with van der Waals surface area (Å²) in [7, 11) is 1.91. The highest BCUT2D eigenvalue weighted by atomic mass is 16.1. The number of carbonyl (C=O) groups excluding carboxylic acids is 1. The maximum Gasteiger partial charge on any atom is 0.244 e. The molecule has 292 valence electrons. The van der Waals surface area contributed by atoms with Crippen LogP contribution >= 0.6 is 0 Å². The molecule has 0 aromatic heterocycles. The molecule has 1 rings (SSSR count). The second kappa shape index (κ2) is 42.1. The minimum atomic E-state index is -0.482. The highest BCUT2D eigenvalue weighted by Crippen LogP contribution is 2.23. The minimum absolute atomic E-state index is 0.418. The van der Waals surface area contributed by atoms with Crippen LogP contribution < -0.4 is 16.4 Å². The summed E-state index contributed by atoms with van der Waals surface area (Å²) >= 11 is 0. The molecule has 1 heterocycles. The Morgan fingerprint density at radius 1 is 0.863 bits per heavy atom. The number of allylic oxidation sites excluding steroid dienone is 12. The first-order chi connectivity index (χ1) is 24.0. The van der Waals surface area contributed by atoms with Crippen LogP contribution in [0.5, 0.6) is 0 Å². The van der Waals surface area contributed by atoms with Crippen molar-refractivity contribution in [3.63, 3.8) is 0 Å². The smallest absolute Gasteiger partial charge is 0.244 e. The molecule has 0 spiro atoms. The van der Waals surface area contributed by atoms with E-state index in [1.165, 1.54) is 39.6 Å². The van der Waals surface area contributed by atoms with Crippen molar-refractivity contribution in [2.45, 2.75) is 136 Å². The summed E-state index contributed by atoms with van der Waals surface area (Å²) in [6.45, 7) is 53.3. The Balaban J connectivity index is -0.000000133. The first kappa shape index (κ1) is 59.1. The summed E-state index contributed by atoms with van der Waals surface area (Å²) in [5.41, 5.74) is 15.7. The van der Waals surface area contributed by atoms with Crippen LogP contribution in [0, 0.1) is 0 Å². The van der Waals surface area contributed by atoms with Crippen molar-refractivity contribution >= 4 is 17.5 Å². The molecular weight excluding hydrogens is 627 g/mol. The van der Waals surface area contributed by atoms with Gasteiger partial charge in [-0.15, -0.1) is 0 Å². The zero-order valence-corrected chi connectivity index (χ0v) is 36.3. The third-order valence-electron chi connectivity index (χ3n) is 6.09. The number of likely N-dealkylation sites (N-methyl/N-ethyl adjacent to an activating group) is 1. The molecule has 1 aliphatic rings. The van der Waals surface area contributed by atoms with E-state index in [1.54, 1.807) is 26.8 Å². The molecule has 0 saturated heterocycles. The van der Waals surface area contributed by atoms with E-state index in [0.717, 1.165) is 44.3 Å². The minimum Gasteiger partial charge on any atom is -0.366 e. The van der Waals surface area contributed by atoms with E-state index >= 15 is 0 Å². The Morgan fingerprint density at radius 3 is 1.69 bits per heavy atom. The number of carbonyl (C=O) groups is 1. The van der Waals surface area contributed by atoms with Gasteiger partial charge in [0.25, 0.3) is 0 Å². The van der Waals surface area contributed by atoms with Gasteiger partial charge in [0.1, 0.15) is 5.84 Å². The second-order valence-corrected chi connectivity index (χ2v) is 10.8. The third-order valence-corrected chi connectivity index (χ3v) is 6.09. The molecule has 0 bridgehead atoms. The monoisotopic (exact) mass is 708 g/mol. The topological polar surface area (TPSA) is 91.9 Å². The Bertz CT molecular complexity index is 1210. The molecule has 0 aromatic rings. The van der Waals surface area contributed by atoms with E-state index < -0.39 is 5.91 Å². The van der Waals surface area contributed by atoms with Crippen LogP contribution in [0.25, 0.3) is 0 Å². The Kier molecular flexibility index (Phi) is 48.9. The number of rotatable bonds is 12. The third kappa shape index (κ3) is 40.3. The van der Waals surface area contributed by atoms with Gasteiger partial charge in [-0.3, -0.25) is 4.79 Å². The maximum atomic E-state index is 10.8. The van der Waals surface area contributed by atoms with Gasteiger partial charge in [0.15, 0.2) is 0 Å². The van der Waals surface area contributed by atoms with Crippen molar-refractivity contribution in [2.24, 2.45) is 15.7 Å². The second-order valence-electron chi connectivity index (χ2n) is 10.8. The number of hydrogen-bond donors (Lipinski definition) is 3. The normalized spacial score (nSPS) is 11.9. The lowest BCUT2D eigenvalue weighted by Gasteiger charge is -2.21. The number of hydrogen-bond acceptors (Lipinski definition) is 4. The lowest BCUT2D eigenvalue weighted by atomic mass is 9.99. The van der Waals surface area contributed by atoms with Gasteiger partial charge in [0.05, 0.1) is 5.71 Å². The zero-order valence-electron chi connectivity index (χ0n) is 36.3. The molecule has 0 aliphatic carbocycles. The van der Waals surface area contributed by atoms with Crippen molar-refractivity contribution in [1.29, 1.82) is 0 Å². The van der Waals surface area contributed by atoms with Crippen molar-refractivity contribution in [2.75, 3.05) is 13.6 Å². The van der Waals surface area contributed by atoms with E-state index in [4.69, 9.17) is 5.73 Å². The molecule has 1 aliphatic heterocycles. The van der Waals surface area contributed by atoms with Gasteiger partial charge < -0.3 is 16.4 Å². The van der Waals surface area contributed by atoms with E-state index in [-0.39, 0.29) is 0 Å². The molecule has 0 fully saturated rings. The van der Waals surface area contributed by atoms with Gasteiger partial charge in [-0.2, -0.15) is 0 Å². The molecule has 0 saturated carbocycles. The summed E-state index contributed by atoms with van der Waals surface area (Å²) < 4.78 is 0. The zero-order chi connectivity index (χ0) is 41.5. The van der Waals surface area contributed by atoms with Crippen LogP contribution in [-0.2, 0) is 4.79 Å². The van der Waals surface area contributed by atoms with Crippen LogP contribution in [0.1, 0.15) is 136 Å². The largest absolute Gasteiger partial charge is 0.366 e. The van der Waals surface area contributed by atoms with Gasteiger partial charge in [0.2, 0.25) is 5.91 Å². The lowest BCUT2D eigenvalue weighted by Crippen LogP contribution is -2.18. The van der Waals surface area contributed by atoms with Crippen molar-refractivity contribution in [1.82, 2.24) is 10.6 Å². The average molecular weight is 708 g/mol.